The van der Waals surface area contributed by atoms with Crippen molar-refractivity contribution in [2.45, 2.75) is 46.1 Å². The second kappa shape index (κ2) is 9.56. The molecule has 1 heterocycles. The summed E-state index contributed by atoms with van der Waals surface area (Å²) in [6, 6.07) is 7.72. The van der Waals surface area contributed by atoms with Crippen LogP contribution in [0, 0.1) is 5.92 Å². The Morgan fingerprint density at radius 1 is 1.36 bits per heavy atom. The maximum Gasteiger partial charge on any atom is 0.220 e. The number of hydrogen-bond acceptors (Lipinski definition) is 4. The maximum atomic E-state index is 11.9. The van der Waals surface area contributed by atoms with Crippen LogP contribution >= 0.6 is 0 Å². The highest BCUT2D eigenvalue weighted by atomic mass is 16.5. The van der Waals surface area contributed by atoms with Crippen LogP contribution in [0.1, 0.15) is 50.4 Å². The summed E-state index contributed by atoms with van der Waals surface area (Å²) in [6.45, 7) is 9.41. The Bertz CT molecular complexity index is 586. The fraction of sp³-hybridized carbons (Fsp3) is 0.600. The molecule has 25 heavy (non-hydrogen) atoms. The predicted molar refractivity (Wildman–Crippen MR) is 99.0 cm³/mol. The zero-order valence-corrected chi connectivity index (χ0v) is 15.6. The Morgan fingerprint density at radius 2 is 2.16 bits per heavy atom. The molecule has 1 aromatic carbocycles. The summed E-state index contributed by atoms with van der Waals surface area (Å²) in [5.41, 5.74) is 0.641. The number of amides is 1. The van der Waals surface area contributed by atoms with Crippen LogP contribution in [0.15, 0.2) is 24.3 Å². The molecule has 1 saturated heterocycles. The van der Waals surface area contributed by atoms with Crippen LogP contribution in [-0.4, -0.2) is 48.9 Å². The fourth-order valence-electron chi connectivity index (χ4n) is 3.07. The smallest absolute Gasteiger partial charge is 0.220 e. The molecule has 0 unspecified atom stereocenters. The van der Waals surface area contributed by atoms with Crippen molar-refractivity contribution in [3.63, 3.8) is 0 Å². The lowest BCUT2D eigenvalue weighted by Gasteiger charge is -2.20. The third kappa shape index (κ3) is 6.50. The monoisotopic (exact) mass is 346 g/mol. The first-order chi connectivity index (χ1) is 12.0. The molecule has 0 spiro atoms. The Morgan fingerprint density at radius 3 is 2.84 bits per heavy atom. The van der Waals surface area contributed by atoms with Crippen LogP contribution in [0.2, 0.25) is 0 Å². The molecule has 1 fully saturated rings. The third-order valence-electron chi connectivity index (χ3n) is 4.69. The van der Waals surface area contributed by atoms with E-state index in [-0.39, 0.29) is 11.7 Å². The number of likely N-dealkylation sites (tertiary alicyclic amines) is 1. The number of carbonyl (C=O) groups is 2. The summed E-state index contributed by atoms with van der Waals surface area (Å²) < 4.78 is 5.63. The molecule has 0 aromatic heterocycles. The summed E-state index contributed by atoms with van der Waals surface area (Å²) in [6.07, 6.45) is 2.29. The minimum absolute atomic E-state index is 0.0211. The molecule has 5 nitrogen and oxygen atoms in total. The number of benzene rings is 1. The van der Waals surface area contributed by atoms with Gasteiger partial charge in [0.25, 0.3) is 0 Å². The van der Waals surface area contributed by atoms with Gasteiger partial charge in [0.1, 0.15) is 5.75 Å². The molecular weight excluding hydrogens is 316 g/mol. The van der Waals surface area contributed by atoms with E-state index < -0.39 is 0 Å². The minimum Gasteiger partial charge on any atom is -0.494 e. The van der Waals surface area contributed by atoms with Crippen molar-refractivity contribution >= 4 is 11.7 Å². The summed E-state index contributed by atoms with van der Waals surface area (Å²) in [5.74, 6) is 1.35. The zero-order chi connectivity index (χ0) is 18.2. The van der Waals surface area contributed by atoms with Gasteiger partial charge in [-0.2, -0.15) is 0 Å². The minimum atomic E-state index is 0.0211. The first-order valence-corrected chi connectivity index (χ1v) is 9.20. The van der Waals surface area contributed by atoms with Crippen molar-refractivity contribution in [1.82, 2.24) is 10.2 Å². The Hall–Kier alpha value is -1.88. The molecule has 1 aliphatic rings. The van der Waals surface area contributed by atoms with Crippen LogP contribution in [-0.2, 0) is 4.79 Å². The van der Waals surface area contributed by atoms with Gasteiger partial charge in [0.05, 0.1) is 6.61 Å². The van der Waals surface area contributed by atoms with Gasteiger partial charge >= 0.3 is 0 Å². The van der Waals surface area contributed by atoms with Gasteiger partial charge < -0.3 is 15.0 Å². The number of Topliss-reactive ketones (excluding diaryl/α,β-unsaturated/α-hetero) is 1. The zero-order valence-electron chi connectivity index (χ0n) is 15.6. The van der Waals surface area contributed by atoms with E-state index >= 15 is 0 Å². The van der Waals surface area contributed by atoms with Crippen molar-refractivity contribution in [2.75, 3.05) is 26.2 Å². The average molecular weight is 346 g/mol. The lowest BCUT2D eigenvalue weighted by molar-refractivity contribution is -0.121. The number of ketones is 1. The molecule has 0 bridgehead atoms. The van der Waals surface area contributed by atoms with Crippen LogP contribution in [0.25, 0.3) is 0 Å². The Labute approximate surface area is 150 Å². The van der Waals surface area contributed by atoms with E-state index in [0.29, 0.717) is 42.7 Å². The number of nitrogens with zero attached hydrogens (tertiary/aromatic N) is 1. The molecular formula is C20H30N2O3. The van der Waals surface area contributed by atoms with Crippen LogP contribution < -0.4 is 10.1 Å². The molecule has 1 N–H and O–H groups in total. The summed E-state index contributed by atoms with van der Waals surface area (Å²) >= 11 is 0. The molecule has 138 valence electrons. The largest absolute Gasteiger partial charge is 0.494 e. The fourth-order valence-corrected chi connectivity index (χ4v) is 3.07. The molecule has 0 saturated carbocycles. The van der Waals surface area contributed by atoms with Gasteiger partial charge in [-0.1, -0.05) is 12.1 Å². The van der Waals surface area contributed by atoms with Crippen LogP contribution in [0.5, 0.6) is 5.75 Å². The number of hydrogen-bond donors (Lipinski definition) is 1. The van der Waals surface area contributed by atoms with Gasteiger partial charge in [-0.05, 0) is 58.2 Å². The number of rotatable bonds is 9. The van der Waals surface area contributed by atoms with E-state index in [0.717, 1.165) is 26.1 Å². The van der Waals surface area contributed by atoms with Crippen LogP contribution in [0.4, 0.5) is 0 Å². The Kier molecular flexibility index (Phi) is 7.44. The highest BCUT2D eigenvalue weighted by molar-refractivity contribution is 5.94. The summed E-state index contributed by atoms with van der Waals surface area (Å²) in [7, 11) is 0. The lowest BCUT2D eigenvalue weighted by atomic mass is 10.1. The van der Waals surface area contributed by atoms with Crippen LogP contribution in [0.3, 0.4) is 0 Å². The molecule has 1 atom stereocenters. The van der Waals surface area contributed by atoms with Gasteiger partial charge in [-0.15, -0.1) is 0 Å². The maximum absolute atomic E-state index is 11.9. The van der Waals surface area contributed by atoms with Gasteiger partial charge in [0.2, 0.25) is 5.91 Å². The molecule has 1 aromatic rings. The molecule has 0 aliphatic carbocycles. The number of nitrogens with one attached hydrogen (secondary N) is 1. The SMILES string of the molecule is CC(=O)c1cccc(OCCCC(=O)NC[C@H]2CCN(C(C)C)C2)c1. The average Bonchev–Trinajstić information content (AvgIpc) is 3.06. The molecule has 1 amide bonds. The highest BCUT2D eigenvalue weighted by Crippen LogP contribution is 2.17. The molecule has 0 radical (unpaired) electrons. The van der Waals surface area contributed by atoms with Gasteiger partial charge in [0, 0.05) is 31.1 Å². The van der Waals surface area contributed by atoms with Crippen molar-refractivity contribution < 1.29 is 14.3 Å². The first kappa shape index (κ1) is 19.4. The number of carbonyl (C=O) groups excluding carboxylic acids is 2. The van der Waals surface area contributed by atoms with Crippen molar-refractivity contribution in [3.05, 3.63) is 29.8 Å². The molecule has 5 heteroatoms. The van der Waals surface area contributed by atoms with Crippen molar-refractivity contribution in [2.24, 2.45) is 5.92 Å². The lowest BCUT2D eigenvalue weighted by Crippen LogP contribution is -2.33. The topological polar surface area (TPSA) is 58.6 Å². The second-order valence-electron chi connectivity index (χ2n) is 7.08. The van der Waals surface area contributed by atoms with E-state index in [9.17, 15) is 9.59 Å². The van der Waals surface area contributed by atoms with Gasteiger partial charge in [-0.25, -0.2) is 0 Å². The second-order valence-corrected chi connectivity index (χ2v) is 7.08. The highest BCUT2D eigenvalue weighted by Gasteiger charge is 2.24. The van der Waals surface area contributed by atoms with Crippen molar-refractivity contribution in [1.29, 1.82) is 0 Å². The van der Waals surface area contributed by atoms with Gasteiger partial charge in [0.15, 0.2) is 5.78 Å². The first-order valence-electron chi connectivity index (χ1n) is 9.20. The Balaban J connectivity index is 1.60. The van der Waals surface area contributed by atoms with E-state index in [4.69, 9.17) is 4.74 Å². The summed E-state index contributed by atoms with van der Waals surface area (Å²) in [5, 5.41) is 3.04. The van der Waals surface area contributed by atoms with E-state index in [1.54, 1.807) is 18.2 Å². The standard InChI is InChI=1S/C20H30N2O3/c1-15(2)22-10-9-17(14-22)13-21-20(24)8-5-11-25-19-7-4-6-18(12-19)16(3)23/h4,6-7,12,15,17H,5,8-11,13-14H2,1-3H3,(H,21,24)/t17-/m1/s1. The van der Waals surface area contributed by atoms with Gasteiger partial charge in [-0.3, -0.25) is 9.59 Å². The molecule has 1 aliphatic heterocycles. The van der Waals surface area contributed by atoms with E-state index in [2.05, 4.69) is 24.1 Å². The predicted octanol–water partition coefficient (Wildman–Crippen LogP) is 2.89. The van der Waals surface area contributed by atoms with Crippen molar-refractivity contribution in [3.8, 4) is 5.75 Å². The normalized spacial score (nSPS) is 17.7. The quantitative estimate of drug-likeness (QED) is 0.552. The summed E-state index contributed by atoms with van der Waals surface area (Å²) in [4.78, 5) is 25.7. The van der Waals surface area contributed by atoms with E-state index in [1.165, 1.54) is 6.92 Å². The number of ether oxygens (including phenoxy) is 1. The third-order valence-corrected chi connectivity index (χ3v) is 4.69. The van der Waals surface area contributed by atoms with E-state index in [1.807, 2.05) is 6.07 Å². The molecule has 2 rings (SSSR count).